The molecule has 0 aromatic rings. The Kier molecular flexibility index (Phi) is 7.86. The summed E-state index contributed by atoms with van der Waals surface area (Å²) >= 11 is 1.25. The van der Waals surface area contributed by atoms with E-state index in [1.54, 1.807) is 6.26 Å². The SMILES string of the molecule is CCN(CC1CCOC1)C(C)CNC(=N[N+](=O)[O-])SC. The van der Waals surface area contributed by atoms with Crippen molar-refractivity contribution in [1.82, 2.24) is 10.2 Å². The molecule has 1 fully saturated rings. The van der Waals surface area contributed by atoms with Gasteiger partial charge in [0.15, 0.2) is 5.03 Å². The van der Waals surface area contributed by atoms with Crippen molar-refractivity contribution in [3.63, 3.8) is 0 Å². The molecule has 0 bridgehead atoms. The number of amidine groups is 1. The molecule has 1 aliphatic heterocycles. The topological polar surface area (TPSA) is 80.0 Å². The molecular weight excluding hydrogens is 280 g/mol. The second-order valence-electron chi connectivity index (χ2n) is 4.89. The Morgan fingerprint density at radius 1 is 1.70 bits per heavy atom. The number of ether oxygens (including phenoxy) is 1. The summed E-state index contributed by atoms with van der Waals surface area (Å²) in [6.07, 6.45) is 2.89. The van der Waals surface area contributed by atoms with Crippen LogP contribution in [-0.4, -0.2) is 60.2 Å². The minimum atomic E-state index is -0.670. The lowest BCUT2D eigenvalue weighted by molar-refractivity contribution is -0.484. The highest BCUT2D eigenvalue weighted by atomic mass is 32.2. The van der Waals surface area contributed by atoms with Gasteiger partial charge in [0, 0.05) is 25.7 Å². The number of nitro groups is 1. The smallest absolute Gasteiger partial charge is 0.234 e. The van der Waals surface area contributed by atoms with Gasteiger partial charge in [0.05, 0.1) is 11.7 Å². The minimum Gasteiger partial charge on any atom is -0.381 e. The summed E-state index contributed by atoms with van der Waals surface area (Å²) in [5, 5.41) is 16.4. The van der Waals surface area contributed by atoms with E-state index < -0.39 is 5.03 Å². The Labute approximate surface area is 124 Å². The summed E-state index contributed by atoms with van der Waals surface area (Å²) in [6, 6.07) is 0.296. The maximum atomic E-state index is 10.4. The molecule has 0 amide bonds. The molecule has 7 nitrogen and oxygen atoms in total. The van der Waals surface area contributed by atoms with E-state index in [0.717, 1.165) is 32.7 Å². The van der Waals surface area contributed by atoms with Crippen molar-refractivity contribution in [2.75, 3.05) is 39.1 Å². The second kappa shape index (κ2) is 9.15. The molecule has 1 aliphatic rings. The predicted octanol–water partition coefficient (Wildman–Crippen LogP) is 1.23. The summed E-state index contributed by atoms with van der Waals surface area (Å²) in [5.41, 5.74) is 0. The van der Waals surface area contributed by atoms with Crippen molar-refractivity contribution in [3.8, 4) is 0 Å². The van der Waals surface area contributed by atoms with E-state index in [-0.39, 0.29) is 0 Å². The molecule has 20 heavy (non-hydrogen) atoms. The lowest BCUT2D eigenvalue weighted by Crippen LogP contribution is -2.43. The number of nitrogens with one attached hydrogen (secondary N) is 1. The maximum Gasteiger partial charge on any atom is 0.234 e. The first-order valence-corrected chi connectivity index (χ1v) is 8.11. The van der Waals surface area contributed by atoms with Crippen LogP contribution in [0.25, 0.3) is 0 Å². The number of likely N-dealkylation sites (N-methyl/N-ethyl adjacent to an activating group) is 1. The molecule has 0 aromatic carbocycles. The average Bonchev–Trinajstić information content (AvgIpc) is 2.92. The second-order valence-corrected chi connectivity index (χ2v) is 5.69. The van der Waals surface area contributed by atoms with Crippen LogP contribution in [0.4, 0.5) is 0 Å². The van der Waals surface area contributed by atoms with E-state index in [1.165, 1.54) is 11.8 Å². The first-order chi connectivity index (χ1) is 9.56. The molecule has 2 atom stereocenters. The largest absolute Gasteiger partial charge is 0.381 e. The maximum absolute atomic E-state index is 10.4. The van der Waals surface area contributed by atoms with E-state index in [9.17, 15) is 10.1 Å². The fourth-order valence-electron chi connectivity index (χ4n) is 2.27. The van der Waals surface area contributed by atoms with Gasteiger partial charge in [-0.15, -0.1) is 0 Å². The standard InChI is InChI=1S/C12H24N4O3S/c1-4-15(8-11-5-6-19-9-11)10(2)7-13-12(20-3)14-16(17)18/h10-11H,4-9H2,1-3H3,(H,13,14). The van der Waals surface area contributed by atoms with Gasteiger partial charge in [-0.3, -0.25) is 4.90 Å². The fourth-order valence-corrected chi connectivity index (χ4v) is 2.64. The first-order valence-electron chi connectivity index (χ1n) is 6.89. The Morgan fingerprint density at radius 3 is 2.95 bits per heavy atom. The third kappa shape index (κ3) is 6.06. The normalized spacial score (nSPS) is 21.2. The molecule has 116 valence electrons. The molecule has 1 heterocycles. The van der Waals surface area contributed by atoms with Crippen LogP contribution in [-0.2, 0) is 4.74 Å². The Hall–Kier alpha value is -0.860. The van der Waals surface area contributed by atoms with Gasteiger partial charge in [0.2, 0.25) is 5.17 Å². The van der Waals surface area contributed by atoms with E-state index in [1.807, 2.05) is 0 Å². The first kappa shape index (κ1) is 17.2. The zero-order valence-corrected chi connectivity index (χ0v) is 13.2. The van der Waals surface area contributed by atoms with Gasteiger partial charge in [-0.25, -0.2) is 10.1 Å². The highest BCUT2D eigenvalue weighted by Crippen LogP contribution is 2.15. The molecule has 1 N–H and O–H groups in total. The Morgan fingerprint density at radius 2 is 2.45 bits per heavy atom. The van der Waals surface area contributed by atoms with Crippen molar-refractivity contribution in [2.24, 2.45) is 11.0 Å². The highest BCUT2D eigenvalue weighted by Gasteiger charge is 2.21. The number of hydrogen-bond acceptors (Lipinski definition) is 5. The van der Waals surface area contributed by atoms with Gasteiger partial charge in [-0.1, -0.05) is 18.7 Å². The van der Waals surface area contributed by atoms with Crippen molar-refractivity contribution in [2.45, 2.75) is 26.3 Å². The monoisotopic (exact) mass is 304 g/mol. The number of hydrazone groups is 1. The van der Waals surface area contributed by atoms with Crippen LogP contribution in [0.5, 0.6) is 0 Å². The van der Waals surface area contributed by atoms with Crippen molar-refractivity contribution >= 4 is 16.9 Å². The van der Waals surface area contributed by atoms with Crippen LogP contribution < -0.4 is 5.32 Å². The van der Waals surface area contributed by atoms with Crippen molar-refractivity contribution in [1.29, 1.82) is 0 Å². The fraction of sp³-hybridized carbons (Fsp3) is 0.917. The van der Waals surface area contributed by atoms with E-state index >= 15 is 0 Å². The zero-order chi connectivity index (χ0) is 15.0. The number of hydrogen-bond donors (Lipinski definition) is 1. The van der Waals surface area contributed by atoms with Gasteiger partial charge in [-0.05, 0) is 32.1 Å². The summed E-state index contributed by atoms with van der Waals surface area (Å²) in [6.45, 7) is 8.58. The summed E-state index contributed by atoms with van der Waals surface area (Å²) in [7, 11) is 0. The molecule has 1 saturated heterocycles. The molecule has 1 rings (SSSR count). The average molecular weight is 304 g/mol. The van der Waals surface area contributed by atoms with Crippen LogP contribution in [0.2, 0.25) is 0 Å². The van der Waals surface area contributed by atoms with Gasteiger partial charge >= 0.3 is 0 Å². The Balaban J connectivity index is 2.41. The van der Waals surface area contributed by atoms with Crippen LogP contribution in [0.15, 0.2) is 5.10 Å². The van der Waals surface area contributed by atoms with E-state index in [2.05, 4.69) is 29.2 Å². The van der Waals surface area contributed by atoms with Gasteiger partial charge in [0.25, 0.3) is 0 Å². The third-order valence-corrected chi connectivity index (χ3v) is 4.07. The number of thioether (sulfide) groups is 1. The van der Waals surface area contributed by atoms with Crippen molar-refractivity contribution < 1.29 is 9.77 Å². The highest BCUT2D eigenvalue weighted by molar-refractivity contribution is 8.13. The molecule has 0 aromatic heterocycles. The van der Waals surface area contributed by atoms with Crippen molar-refractivity contribution in [3.05, 3.63) is 10.1 Å². The van der Waals surface area contributed by atoms with Gasteiger partial charge in [-0.2, -0.15) is 0 Å². The molecule has 8 heteroatoms. The molecule has 0 saturated carbocycles. The molecule has 0 radical (unpaired) electrons. The lowest BCUT2D eigenvalue weighted by atomic mass is 10.1. The summed E-state index contributed by atoms with van der Waals surface area (Å²) < 4.78 is 5.40. The molecular formula is C12H24N4O3S. The summed E-state index contributed by atoms with van der Waals surface area (Å²) in [4.78, 5) is 12.7. The van der Waals surface area contributed by atoms with Crippen LogP contribution in [0.3, 0.4) is 0 Å². The molecule has 0 spiro atoms. The third-order valence-electron chi connectivity index (χ3n) is 3.46. The van der Waals surface area contributed by atoms with Gasteiger partial charge in [0.1, 0.15) is 0 Å². The lowest BCUT2D eigenvalue weighted by Gasteiger charge is -2.30. The van der Waals surface area contributed by atoms with E-state index in [0.29, 0.717) is 23.7 Å². The van der Waals surface area contributed by atoms with Crippen LogP contribution >= 0.6 is 11.8 Å². The van der Waals surface area contributed by atoms with Crippen LogP contribution in [0, 0.1) is 16.0 Å². The summed E-state index contributed by atoms with van der Waals surface area (Å²) in [5.74, 6) is 0.602. The molecule has 2 unspecified atom stereocenters. The minimum absolute atomic E-state index is 0.296. The molecule has 0 aliphatic carbocycles. The van der Waals surface area contributed by atoms with E-state index in [4.69, 9.17) is 4.74 Å². The number of nitrogens with zero attached hydrogens (tertiary/aromatic N) is 3. The van der Waals surface area contributed by atoms with Crippen LogP contribution in [0.1, 0.15) is 20.3 Å². The number of rotatable bonds is 7. The Bertz CT molecular complexity index is 335. The zero-order valence-electron chi connectivity index (χ0n) is 12.4. The van der Waals surface area contributed by atoms with Gasteiger partial charge < -0.3 is 10.1 Å². The predicted molar refractivity (Wildman–Crippen MR) is 81.6 cm³/mol. The quantitative estimate of drug-likeness (QED) is 0.330.